The van der Waals surface area contributed by atoms with Gasteiger partial charge in [0, 0.05) is 19.1 Å². The molecule has 0 saturated carbocycles. The Morgan fingerprint density at radius 3 is 2.53 bits per heavy atom. The van der Waals surface area contributed by atoms with E-state index >= 15 is 0 Å². The van der Waals surface area contributed by atoms with E-state index in [2.05, 4.69) is 0 Å². The van der Waals surface area contributed by atoms with Crippen LogP contribution in [0.5, 0.6) is 0 Å². The van der Waals surface area contributed by atoms with Crippen LogP contribution in [0.4, 0.5) is 4.79 Å². The Hall–Kier alpha value is -0.770. The topological polar surface area (TPSA) is 55.6 Å². The Morgan fingerprint density at radius 2 is 2.00 bits per heavy atom. The largest absolute Gasteiger partial charge is 0.444 e. The van der Waals surface area contributed by atoms with Crippen LogP contribution in [-0.2, 0) is 4.74 Å². The number of carbonyl (C=O) groups excluding carboxylic acids is 1. The van der Waals surface area contributed by atoms with E-state index in [4.69, 9.17) is 10.5 Å². The van der Waals surface area contributed by atoms with E-state index in [9.17, 15) is 4.79 Å². The Bertz CT molecular complexity index is 259. The fourth-order valence-electron chi connectivity index (χ4n) is 2.16. The molecule has 0 aromatic rings. The lowest BCUT2D eigenvalue weighted by Gasteiger charge is -2.26. The van der Waals surface area contributed by atoms with Crippen molar-refractivity contribution in [2.45, 2.75) is 58.6 Å². The first-order chi connectivity index (χ1) is 7.79. The summed E-state index contributed by atoms with van der Waals surface area (Å²) in [5, 5.41) is 0. The number of likely N-dealkylation sites (tertiary alicyclic amines) is 1. The minimum Gasteiger partial charge on any atom is -0.444 e. The molecule has 1 aliphatic heterocycles. The molecular formula is C13H26N2O2. The predicted octanol–water partition coefficient (Wildman–Crippen LogP) is 2.37. The van der Waals surface area contributed by atoms with Crippen LogP contribution in [0.25, 0.3) is 0 Å². The average Bonchev–Trinajstić information content (AvgIpc) is 2.39. The van der Waals surface area contributed by atoms with Crippen LogP contribution < -0.4 is 5.73 Å². The first-order valence-electron chi connectivity index (χ1n) is 6.53. The van der Waals surface area contributed by atoms with E-state index < -0.39 is 5.60 Å². The molecule has 1 fully saturated rings. The first-order valence-corrected chi connectivity index (χ1v) is 6.53. The van der Waals surface area contributed by atoms with Crippen molar-refractivity contribution in [1.82, 2.24) is 4.90 Å². The molecule has 0 bridgehead atoms. The maximum absolute atomic E-state index is 11.9. The van der Waals surface area contributed by atoms with Crippen LogP contribution in [0, 0.1) is 5.92 Å². The third-order valence-corrected chi connectivity index (χ3v) is 3.17. The molecule has 0 aromatic heterocycles. The molecule has 0 radical (unpaired) electrons. The molecule has 4 heteroatoms. The van der Waals surface area contributed by atoms with Crippen molar-refractivity contribution >= 4 is 6.09 Å². The van der Waals surface area contributed by atoms with Crippen LogP contribution >= 0.6 is 0 Å². The van der Waals surface area contributed by atoms with Crippen LogP contribution in [0.15, 0.2) is 0 Å². The Labute approximate surface area is 104 Å². The normalized spacial score (nSPS) is 24.1. The van der Waals surface area contributed by atoms with Gasteiger partial charge in [-0.05, 0) is 52.9 Å². The molecular weight excluding hydrogens is 216 g/mol. The van der Waals surface area contributed by atoms with E-state index in [0.717, 1.165) is 32.4 Å². The van der Waals surface area contributed by atoms with Crippen molar-refractivity contribution in [1.29, 1.82) is 0 Å². The summed E-state index contributed by atoms with van der Waals surface area (Å²) in [6, 6.07) is 0.216. The third-order valence-electron chi connectivity index (χ3n) is 3.17. The lowest BCUT2D eigenvalue weighted by atomic mass is 9.94. The van der Waals surface area contributed by atoms with Crippen LogP contribution in [0.2, 0.25) is 0 Å². The summed E-state index contributed by atoms with van der Waals surface area (Å²) < 4.78 is 5.38. The second-order valence-electron chi connectivity index (χ2n) is 6.02. The highest BCUT2D eigenvalue weighted by Gasteiger charge is 2.26. The molecule has 1 rings (SSSR count). The van der Waals surface area contributed by atoms with Gasteiger partial charge < -0.3 is 15.4 Å². The SMILES string of the molecule is C[C@H](N)C1CCCN(C(=O)OC(C)(C)C)CC1. The molecule has 2 atom stereocenters. The number of amides is 1. The number of carbonyl (C=O) groups is 1. The van der Waals surface area contributed by atoms with Crippen molar-refractivity contribution in [2.24, 2.45) is 11.7 Å². The van der Waals surface area contributed by atoms with E-state index in [1.807, 2.05) is 32.6 Å². The van der Waals surface area contributed by atoms with Crippen molar-refractivity contribution in [3.05, 3.63) is 0 Å². The molecule has 1 amide bonds. The Morgan fingerprint density at radius 1 is 1.35 bits per heavy atom. The van der Waals surface area contributed by atoms with Crippen LogP contribution in [-0.4, -0.2) is 35.7 Å². The summed E-state index contributed by atoms with van der Waals surface area (Å²) >= 11 is 0. The van der Waals surface area contributed by atoms with Gasteiger partial charge in [0.25, 0.3) is 0 Å². The van der Waals surface area contributed by atoms with Gasteiger partial charge in [-0.2, -0.15) is 0 Å². The van der Waals surface area contributed by atoms with E-state index in [1.54, 1.807) is 0 Å². The Balaban J connectivity index is 2.48. The molecule has 1 heterocycles. The lowest BCUT2D eigenvalue weighted by Crippen LogP contribution is -2.37. The van der Waals surface area contributed by atoms with E-state index in [-0.39, 0.29) is 12.1 Å². The second kappa shape index (κ2) is 5.71. The zero-order chi connectivity index (χ0) is 13.1. The van der Waals surface area contributed by atoms with Crippen molar-refractivity contribution in [3.63, 3.8) is 0 Å². The minimum absolute atomic E-state index is 0.192. The molecule has 1 unspecified atom stereocenters. The smallest absolute Gasteiger partial charge is 0.410 e. The first kappa shape index (κ1) is 14.3. The molecule has 1 saturated heterocycles. The fraction of sp³-hybridized carbons (Fsp3) is 0.923. The fourth-order valence-corrected chi connectivity index (χ4v) is 2.16. The molecule has 100 valence electrons. The predicted molar refractivity (Wildman–Crippen MR) is 68.8 cm³/mol. The summed E-state index contributed by atoms with van der Waals surface area (Å²) in [6.07, 6.45) is 2.92. The summed E-state index contributed by atoms with van der Waals surface area (Å²) in [5.41, 5.74) is 5.51. The summed E-state index contributed by atoms with van der Waals surface area (Å²) in [5.74, 6) is 0.530. The van der Waals surface area contributed by atoms with Crippen molar-refractivity contribution in [3.8, 4) is 0 Å². The van der Waals surface area contributed by atoms with E-state index in [0.29, 0.717) is 5.92 Å². The second-order valence-corrected chi connectivity index (χ2v) is 6.02. The van der Waals surface area contributed by atoms with Crippen molar-refractivity contribution in [2.75, 3.05) is 13.1 Å². The highest BCUT2D eigenvalue weighted by Crippen LogP contribution is 2.21. The van der Waals surface area contributed by atoms with Gasteiger partial charge in [0.15, 0.2) is 0 Å². The monoisotopic (exact) mass is 242 g/mol. The maximum Gasteiger partial charge on any atom is 0.410 e. The van der Waals surface area contributed by atoms with Gasteiger partial charge in [-0.1, -0.05) is 0 Å². The summed E-state index contributed by atoms with van der Waals surface area (Å²) in [6.45, 7) is 9.29. The van der Waals surface area contributed by atoms with Crippen LogP contribution in [0.1, 0.15) is 47.0 Å². The minimum atomic E-state index is -0.413. The summed E-state index contributed by atoms with van der Waals surface area (Å²) in [7, 11) is 0. The van der Waals surface area contributed by atoms with Crippen molar-refractivity contribution < 1.29 is 9.53 Å². The quantitative estimate of drug-likeness (QED) is 0.768. The highest BCUT2D eigenvalue weighted by atomic mass is 16.6. The molecule has 17 heavy (non-hydrogen) atoms. The third kappa shape index (κ3) is 4.94. The molecule has 0 spiro atoms. The molecule has 4 nitrogen and oxygen atoms in total. The van der Waals surface area contributed by atoms with Gasteiger partial charge in [0.1, 0.15) is 5.60 Å². The molecule has 1 aliphatic rings. The molecule has 2 N–H and O–H groups in total. The summed E-state index contributed by atoms with van der Waals surface area (Å²) in [4.78, 5) is 13.7. The average molecular weight is 242 g/mol. The number of ether oxygens (including phenoxy) is 1. The van der Waals surface area contributed by atoms with Gasteiger partial charge in [0.05, 0.1) is 0 Å². The number of rotatable bonds is 1. The highest BCUT2D eigenvalue weighted by molar-refractivity contribution is 5.68. The number of nitrogens with zero attached hydrogens (tertiary/aromatic N) is 1. The molecule has 0 aromatic carbocycles. The number of hydrogen-bond donors (Lipinski definition) is 1. The van der Waals surface area contributed by atoms with Gasteiger partial charge >= 0.3 is 6.09 Å². The van der Waals surface area contributed by atoms with Gasteiger partial charge in [0.2, 0.25) is 0 Å². The van der Waals surface area contributed by atoms with Gasteiger partial charge in [-0.25, -0.2) is 4.79 Å². The zero-order valence-electron chi connectivity index (χ0n) is 11.5. The standard InChI is InChI=1S/C13H26N2O2/c1-10(14)11-6-5-8-15(9-7-11)12(16)17-13(2,3)4/h10-11H,5-9,14H2,1-4H3/t10-,11?/m0/s1. The zero-order valence-corrected chi connectivity index (χ0v) is 11.5. The molecule has 0 aliphatic carbocycles. The van der Waals surface area contributed by atoms with Gasteiger partial charge in [-0.15, -0.1) is 0 Å². The number of hydrogen-bond acceptors (Lipinski definition) is 3. The van der Waals surface area contributed by atoms with E-state index in [1.165, 1.54) is 0 Å². The maximum atomic E-state index is 11.9. The Kier molecular flexibility index (Phi) is 4.80. The lowest BCUT2D eigenvalue weighted by molar-refractivity contribution is 0.0254. The van der Waals surface area contributed by atoms with Gasteiger partial charge in [-0.3, -0.25) is 0 Å². The number of nitrogens with two attached hydrogens (primary N) is 1. The van der Waals surface area contributed by atoms with Crippen LogP contribution in [0.3, 0.4) is 0 Å².